The van der Waals surface area contributed by atoms with Gasteiger partial charge in [0.05, 0.1) is 6.54 Å². The van der Waals surface area contributed by atoms with Crippen molar-refractivity contribution in [3.8, 4) is 0 Å². The molecule has 0 spiro atoms. The Hall–Kier alpha value is -1.46. The summed E-state index contributed by atoms with van der Waals surface area (Å²) in [6, 6.07) is 6.79. The van der Waals surface area contributed by atoms with Gasteiger partial charge in [0.2, 0.25) is 5.91 Å². The summed E-state index contributed by atoms with van der Waals surface area (Å²) in [6.45, 7) is 4.00. The number of hydrogen-bond donors (Lipinski definition) is 2. The maximum absolute atomic E-state index is 12.8. The van der Waals surface area contributed by atoms with Gasteiger partial charge in [-0.2, -0.15) is 0 Å². The lowest BCUT2D eigenvalue weighted by molar-refractivity contribution is -0.122. The van der Waals surface area contributed by atoms with E-state index in [9.17, 15) is 9.18 Å². The van der Waals surface area contributed by atoms with E-state index in [0.717, 1.165) is 25.2 Å². The summed E-state index contributed by atoms with van der Waals surface area (Å²) < 4.78 is 12.8. The van der Waals surface area contributed by atoms with E-state index in [1.807, 2.05) is 0 Å². The van der Waals surface area contributed by atoms with E-state index < -0.39 is 0 Å². The Labute approximate surface area is 124 Å². The molecule has 2 aliphatic heterocycles. The summed E-state index contributed by atoms with van der Waals surface area (Å²) in [4.78, 5) is 14.2. The molecule has 1 aromatic rings. The summed E-state index contributed by atoms with van der Waals surface area (Å²) >= 11 is 0. The van der Waals surface area contributed by atoms with Gasteiger partial charge in [-0.25, -0.2) is 4.39 Å². The maximum atomic E-state index is 12.8. The highest BCUT2D eigenvalue weighted by molar-refractivity contribution is 5.78. The van der Waals surface area contributed by atoms with Gasteiger partial charge in [-0.3, -0.25) is 9.69 Å². The van der Waals surface area contributed by atoms with Gasteiger partial charge in [0.15, 0.2) is 0 Å². The highest BCUT2D eigenvalue weighted by Crippen LogP contribution is 2.24. The molecule has 2 atom stereocenters. The number of benzene rings is 1. The van der Waals surface area contributed by atoms with Crippen molar-refractivity contribution in [2.45, 2.75) is 25.4 Å². The van der Waals surface area contributed by atoms with Gasteiger partial charge in [0.1, 0.15) is 5.82 Å². The molecular weight excluding hydrogens is 269 g/mol. The Balaban J connectivity index is 1.43. The van der Waals surface area contributed by atoms with Crippen LogP contribution in [0.15, 0.2) is 24.3 Å². The van der Waals surface area contributed by atoms with Gasteiger partial charge in [0, 0.05) is 25.7 Å². The number of halogens is 1. The van der Waals surface area contributed by atoms with Crippen LogP contribution in [-0.2, 0) is 11.3 Å². The number of hydrogen-bond acceptors (Lipinski definition) is 3. The quantitative estimate of drug-likeness (QED) is 0.874. The number of amides is 1. The largest absolute Gasteiger partial charge is 0.351 e. The van der Waals surface area contributed by atoms with Gasteiger partial charge in [-0.15, -0.1) is 0 Å². The second-order valence-electron chi connectivity index (χ2n) is 6.06. The average Bonchev–Trinajstić information content (AvgIpc) is 2.88. The smallest absolute Gasteiger partial charge is 0.234 e. The topological polar surface area (TPSA) is 44.4 Å². The van der Waals surface area contributed by atoms with E-state index in [1.54, 1.807) is 12.1 Å². The molecule has 3 rings (SSSR count). The molecule has 114 valence electrons. The van der Waals surface area contributed by atoms with Crippen molar-refractivity contribution in [1.82, 2.24) is 15.5 Å². The molecule has 0 aromatic heterocycles. The van der Waals surface area contributed by atoms with Crippen LogP contribution in [0.4, 0.5) is 4.39 Å². The van der Waals surface area contributed by atoms with Crippen LogP contribution in [0.5, 0.6) is 0 Å². The fourth-order valence-electron chi connectivity index (χ4n) is 3.33. The van der Waals surface area contributed by atoms with Gasteiger partial charge in [0.25, 0.3) is 0 Å². The molecule has 0 saturated carbocycles. The molecule has 0 unspecified atom stereocenters. The van der Waals surface area contributed by atoms with Gasteiger partial charge >= 0.3 is 0 Å². The van der Waals surface area contributed by atoms with Gasteiger partial charge < -0.3 is 10.6 Å². The van der Waals surface area contributed by atoms with E-state index in [2.05, 4.69) is 15.5 Å². The van der Waals surface area contributed by atoms with Crippen molar-refractivity contribution in [2.24, 2.45) is 5.92 Å². The number of rotatable bonds is 4. The molecule has 1 aromatic carbocycles. The summed E-state index contributed by atoms with van der Waals surface area (Å²) in [7, 11) is 0. The fraction of sp³-hybridized carbons (Fsp3) is 0.562. The Morgan fingerprint density at radius 3 is 2.90 bits per heavy atom. The van der Waals surface area contributed by atoms with E-state index in [1.165, 1.54) is 25.0 Å². The monoisotopic (exact) mass is 291 g/mol. The number of fused-ring (bicyclic) bond motifs is 1. The van der Waals surface area contributed by atoms with Crippen LogP contribution in [0, 0.1) is 11.7 Å². The average molecular weight is 291 g/mol. The van der Waals surface area contributed by atoms with Crippen molar-refractivity contribution in [1.29, 1.82) is 0 Å². The van der Waals surface area contributed by atoms with Crippen LogP contribution < -0.4 is 10.6 Å². The highest BCUT2D eigenvalue weighted by Gasteiger charge is 2.34. The summed E-state index contributed by atoms with van der Waals surface area (Å²) in [5.41, 5.74) is 0.918. The number of carbonyl (C=O) groups excluding carboxylic acids is 1. The Kier molecular flexibility index (Phi) is 4.51. The van der Waals surface area contributed by atoms with Crippen LogP contribution >= 0.6 is 0 Å². The molecule has 0 bridgehead atoms. The lowest BCUT2D eigenvalue weighted by atomic mass is 9.94. The van der Waals surface area contributed by atoms with E-state index in [-0.39, 0.29) is 11.7 Å². The number of carbonyl (C=O) groups is 1. The zero-order valence-corrected chi connectivity index (χ0v) is 12.1. The molecule has 2 fully saturated rings. The van der Waals surface area contributed by atoms with Crippen molar-refractivity contribution in [3.05, 3.63) is 35.6 Å². The number of piperidine rings is 1. The first-order chi connectivity index (χ1) is 10.2. The molecule has 1 amide bonds. The second kappa shape index (κ2) is 6.54. The van der Waals surface area contributed by atoms with Crippen molar-refractivity contribution < 1.29 is 9.18 Å². The molecule has 5 heteroatoms. The van der Waals surface area contributed by atoms with E-state index in [0.29, 0.717) is 25.0 Å². The third-order valence-electron chi connectivity index (χ3n) is 4.45. The van der Waals surface area contributed by atoms with Crippen molar-refractivity contribution >= 4 is 5.91 Å². The van der Waals surface area contributed by atoms with Crippen LogP contribution in [-0.4, -0.2) is 43.0 Å². The van der Waals surface area contributed by atoms with Gasteiger partial charge in [-0.1, -0.05) is 12.1 Å². The molecule has 0 aliphatic carbocycles. The lowest BCUT2D eigenvalue weighted by Crippen LogP contribution is -2.41. The predicted molar refractivity (Wildman–Crippen MR) is 79.2 cm³/mol. The Morgan fingerprint density at radius 1 is 1.33 bits per heavy atom. The minimum atomic E-state index is -0.253. The number of nitrogens with zero attached hydrogens (tertiary/aromatic N) is 1. The standard InChI is InChI=1S/C16H22FN3O/c17-14-5-3-12(4-6-14)8-19-16(21)11-20-9-13-2-1-7-18-15(13)10-20/h3-6,13,15,18H,1-2,7-11H2,(H,19,21)/t13-,15+/m0/s1. The minimum absolute atomic E-state index is 0.0398. The zero-order valence-electron chi connectivity index (χ0n) is 12.1. The van der Waals surface area contributed by atoms with Crippen molar-refractivity contribution in [3.63, 3.8) is 0 Å². The maximum Gasteiger partial charge on any atom is 0.234 e. The molecule has 2 aliphatic rings. The third kappa shape index (κ3) is 3.80. The first-order valence-electron chi connectivity index (χ1n) is 7.67. The molecule has 2 heterocycles. The summed E-state index contributed by atoms with van der Waals surface area (Å²) in [5, 5.41) is 6.44. The predicted octanol–water partition coefficient (Wildman–Crippen LogP) is 1.13. The van der Waals surface area contributed by atoms with Crippen LogP contribution in [0.3, 0.4) is 0 Å². The van der Waals surface area contributed by atoms with E-state index in [4.69, 9.17) is 0 Å². The molecule has 2 N–H and O–H groups in total. The van der Waals surface area contributed by atoms with Crippen molar-refractivity contribution in [2.75, 3.05) is 26.2 Å². The molecule has 0 radical (unpaired) electrons. The first-order valence-corrected chi connectivity index (χ1v) is 7.67. The second-order valence-corrected chi connectivity index (χ2v) is 6.06. The summed E-state index contributed by atoms with van der Waals surface area (Å²) in [6.07, 6.45) is 2.51. The molecule has 2 saturated heterocycles. The Morgan fingerprint density at radius 2 is 2.14 bits per heavy atom. The van der Waals surface area contributed by atoms with Crippen LogP contribution in [0.25, 0.3) is 0 Å². The zero-order chi connectivity index (χ0) is 14.7. The minimum Gasteiger partial charge on any atom is -0.351 e. The first kappa shape index (κ1) is 14.5. The lowest BCUT2D eigenvalue weighted by Gasteiger charge is -2.24. The third-order valence-corrected chi connectivity index (χ3v) is 4.45. The van der Waals surface area contributed by atoms with E-state index >= 15 is 0 Å². The molecule has 4 nitrogen and oxygen atoms in total. The SMILES string of the molecule is O=C(CN1C[C@@H]2CCCN[C@@H]2C1)NCc1ccc(F)cc1. The Bertz CT molecular complexity index is 477. The van der Waals surface area contributed by atoms with Crippen LogP contribution in [0.1, 0.15) is 18.4 Å². The van der Waals surface area contributed by atoms with Crippen LogP contribution in [0.2, 0.25) is 0 Å². The fourth-order valence-corrected chi connectivity index (χ4v) is 3.33. The number of likely N-dealkylation sites (tertiary alicyclic amines) is 1. The molecule has 21 heavy (non-hydrogen) atoms. The van der Waals surface area contributed by atoms with Gasteiger partial charge in [-0.05, 0) is 43.0 Å². The normalized spacial score (nSPS) is 25.6. The summed E-state index contributed by atoms with van der Waals surface area (Å²) in [5.74, 6) is 0.485. The molecular formula is C16H22FN3O. The highest BCUT2D eigenvalue weighted by atomic mass is 19.1. The number of nitrogens with one attached hydrogen (secondary N) is 2.